The molecule has 6 nitrogen and oxygen atoms in total. The van der Waals surface area contributed by atoms with Gasteiger partial charge in [-0.2, -0.15) is 5.21 Å². The summed E-state index contributed by atoms with van der Waals surface area (Å²) in [4.78, 5) is 9.80. The molecule has 0 radical (unpaired) electrons. The molecule has 2 aliphatic rings. The van der Waals surface area contributed by atoms with E-state index in [0.29, 0.717) is 5.82 Å². The van der Waals surface area contributed by atoms with E-state index in [1.165, 1.54) is 66.6 Å². The second kappa shape index (κ2) is 9.25. The van der Waals surface area contributed by atoms with Crippen LogP contribution in [0.4, 0.5) is 0 Å². The highest BCUT2D eigenvalue weighted by molar-refractivity contribution is 5.86. The molecule has 0 atom stereocenters. The first-order chi connectivity index (χ1) is 15.2. The third-order valence-electron chi connectivity index (χ3n) is 6.97. The molecule has 3 heterocycles. The lowest BCUT2D eigenvalue weighted by Crippen LogP contribution is -2.35. The summed E-state index contributed by atoms with van der Waals surface area (Å²) in [5.74, 6) is 0.670. The molecular weight excluding hydrogens is 384 g/mol. The number of rotatable bonds is 4. The minimum atomic E-state index is 0.133. The SMILES string of the molecule is CC.CCC1(c2nc3c(c(-c4ccnc(C)c4)c2-c2nn[nH]n2)CCCCC3)CCC1. The van der Waals surface area contributed by atoms with Crippen molar-refractivity contribution < 1.29 is 0 Å². The number of hydrogen-bond donors (Lipinski definition) is 1. The minimum Gasteiger partial charge on any atom is -0.262 e. The molecule has 3 aromatic heterocycles. The van der Waals surface area contributed by atoms with Crippen molar-refractivity contribution in [2.24, 2.45) is 0 Å². The van der Waals surface area contributed by atoms with E-state index in [-0.39, 0.29) is 5.41 Å². The van der Waals surface area contributed by atoms with Crippen molar-refractivity contribution in [3.63, 3.8) is 0 Å². The van der Waals surface area contributed by atoms with Crippen LogP contribution in [-0.4, -0.2) is 30.6 Å². The average Bonchev–Trinajstić information content (AvgIpc) is 3.19. The van der Waals surface area contributed by atoms with Crippen LogP contribution >= 0.6 is 0 Å². The van der Waals surface area contributed by atoms with Crippen LogP contribution in [-0.2, 0) is 18.3 Å². The van der Waals surface area contributed by atoms with Gasteiger partial charge in [0.25, 0.3) is 0 Å². The van der Waals surface area contributed by atoms with E-state index in [0.717, 1.165) is 30.5 Å². The third-order valence-corrected chi connectivity index (χ3v) is 6.97. The summed E-state index contributed by atoms with van der Waals surface area (Å²) in [7, 11) is 0. The number of aromatic amines is 1. The second-order valence-electron chi connectivity index (χ2n) is 8.61. The molecule has 0 saturated heterocycles. The number of H-pyrrole nitrogens is 1. The fraction of sp³-hybridized carbons (Fsp3) is 0.560. The van der Waals surface area contributed by atoms with Crippen molar-refractivity contribution in [3.05, 3.63) is 41.0 Å². The predicted octanol–water partition coefficient (Wildman–Crippen LogP) is 5.76. The van der Waals surface area contributed by atoms with Gasteiger partial charge in [-0.3, -0.25) is 9.97 Å². The molecule has 164 valence electrons. The summed E-state index contributed by atoms with van der Waals surface area (Å²) >= 11 is 0. The molecule has 31 heavy (non-hydrogen) atoms. The van der Waals surface area contributed by atoms with Crippen LogP contribution in [0, 0.1) is 6.92 Å². The standard InChI is InChI=1S/C23H28N6.C2H6/c1-3-23(11-7-12-23)21-20(22-26-28-29-27-22)19(16-10-13-24-15(2)14-16)17-8-5-4-6-9-18(17)25-21;1-2/h10,13-14H,3-9,11-12H2,1-2H3,(H,26,27,28,29);1-2H3. The first-order valence-electron chi connectivity index (χ1n) is 11.9. The molecule has 1 saturated carbocycles. The fourth-order valence-electron chi connectivity index (χ4n) is 5.17. The van der Waals surface area contributed by atoms with Gasteiger partial charge in [-0.1, -0.05) is 33.6 Å². The summed E-state index contributed by atoms with van der Waals surface area (Å²) in [6.45, 7) is 8.35. The van der Waals surface area contributed by atoms with Crippen LogP contribution in [0.5, 0.6) is 0 Å². The Kier molecular flexibility index (Phi) is 6.44. The summed E-state index contributed by atoms with van der Waals surface area (Å²) in [6.07, 6.45) is 12.5. The number of aryl methyl sites for hydroxylation is 2. The Balaban J connectivity index is 0.00000112. The number of tetrazole rings is 1. The van der Waals surface area contributed by atoms with E-state index in [1.54, 1.807) is 0 Å². The molecule has 1 N–H and O–H groups in total. The van der Waals surface area contributed by atoms with Gasteiger partial charge in [0.15, 0.2) is 0 Å². The molecule has 5 rings (SSSR count). The van der Waals surface area contributed by atoms with Crippen LogP contribution in [0.25, 0.3) is 22.5 Å². The van der Waals surface area contributed by atoms with Crippen LogP contribution in [0.1, 0.15) is 88.4 Å². The van der Waals surface area contributed by atoms with E-state index >= 15 is 0 Å². The van der Waals surface area contributed by atoms with Crippen molar-refractivity contribution >= 4 is 0 Å². The highest BCUT2D eigenvalue weighted by Gasteiger charge is 2.42. The molecule has 3 aromatic rings. The zero-order valence-electron chi connectivity index (χ0n) is 19.3. The van der Waals surface area contributed by atoms with Gasteiger partial charge in [0.1, 0.15) is 0 Å². The van der Waals surface area contributed by atoms with Crippen molar-refractivity contribution in [2.45, 2.75) is 90.9 Å². The maximum absolute atomic E-state index is 5.37. The highest BCUT2D eigenvalue weighted by atomic mass is 15.5. The predicted molar refractivity (Wildman–Crippen MR) is 124 cm³/mol. The van der Waals surface area contributed by atoms with Gasteiger partial charge >= 0.3 is 0 Å². The normalized spacial score (nSPS) is 17.0. The molecule has 6 heteroatoms. The summed E-state index contributed by atoms with van der Waals surface area (Å²) in [5.41, 5.74) is 8.56. The average molecular weight is 419 g/mol. The fourth-order valence-corrected chi connectivity index (χ4v) is 5.17. The smallest absolute Gasteiger partial charge is 0.207 e. The Labute approximate surface area is 185 Å². The van der Waals surface area contributed by atoms with Gasteiger partial charge in [0.05, 0.1) is 11.3 Å². The number of nitrogens with one attached hydrogen (secondary N) is 1. The zero-order valence-corrected chi connectivity index (χ0v) is 19.3. The topological polar surface area (TPSA) is 80.2 Å². The molecular formula is C25H34N6. The first-order valence-corrected chi connectivity index (χ1v) is 11.9. The quantitative estimate of drug-likeness (QED) is 0.545. The number of nitrogens with zero attached hydrogens (tertiary/aromatic N) is 5. The van der Waals surface area contributed by atoms with E-state index in [1.807, 2.05) is 20.0 Å². The number of aromatic nitrogens is 6. The summed E-state index contributed by atoms with van der Waals surface area (Å²) < 4.78 is 0. The monoisotopic (exact) mass is 418 g/mol. The van der Waals surface area contributed by atoms with Gasteiger partial charge in [0, 0.05) is 23.0 Å². The van der Waals surface area contributed by atoms with Crippen LogP contribution < -0.4 is 0 Å². The van der Waals surface area contributed by atoms with Crippen LogP contribution in [0.2, 0.25) is 0 Å². The summed E-state index contributed by atoms with van der Waals surface area (Å²) in [6, 6.07) is 4.31. The van der Waals surface area contributed by atoms with Gasteiger partial charge in [-0.25, -0.2) is 0 Å². The van der Waals surface area contributed by atoms with E-state index < -0.39 is 0 Å². The molecule has 0 aliphatic heterocycles. The third kappa shape index (κ3) is 3.88. The Morgan fingerprint density at radius 3 is 2.48 bits per heavy atom. The van der Waals surface area contributed by atoms with Crippen molar-refractivity contribution in [1.29, 1.82) is 0 Å². The molecule has 0 spiro atoms. The Morgan fingerprint density at radius 1 is 1.03 bits per heavy atom. The molecule has 0 amide bonds. The van der Waals surface area contributed by atoms with E-state index in [9.17, 15) is 0 Å². The van der Waals surface area contributed by atoms with Gasteiger partial charge in [-0.15, -0.1) is 10.2 Å². The number of fused-ring (bicyclic) bond motifs is 1. The van der Waals surface area contributed by atoms with Crippen molar-refractivity contribution in [2.75, 3.05) is 0 Å². The lowest BCUT2D eigenvalue weighted by Gasteiger charge is -2.42. The van der Waals surface area contributed by atoms with Crippen LogP contribution in [0.15, 0.2) is 18.3 Å². The Bertz CT molecular complexity index is 1020. The number of pyridine rings is 2. The van der Waals surface area contributed by atoms with E-state index in [4.69, 9.17) is 4.98 Å². The molecule has 0 aromatic carbocycles. The highest BCUT2D eigenvalue weighted by Crippen LogP contribution is 2.51. The lowest BCUT2D eigenvalue weighted by molar-refractivity contribution is 0.228. The maximum atomic E-state index is 5.37. The largest absolute Gasteiger partial charge is 0.262 e. The Hall–Kier alpha value is -2.63. The zero-order chi connectivity index (χ0) is 21.8. The molecule has 0 bridgehead atoms. The Morgan fingerprint density at radius 2 is 1.84 bits per heavy atom. The van der Waals surface area contributed by atoms with Gasteiger partial charge in [-0.05, 0) is 85.9 Å². The molecule has 0 unspecified atom stereocenters. The maximum Gasteiger partial charge on any atom is 0.207 e. The lowest BCUT2D eigenvalue weighted by atomic mass is 9.63. The van der Waals surface area contributed by atoms with Crippen molar-refractivity contribution in [1.82, 2.24) is 30.6 Å². The van der Waals surface area contributed by atoms with Crippen molar-refractivity contribution in [3.8, 4) is 22.5 Å². The summed E-state index contributed by atoms with van der Waals surface area (Å²) in [5, 5.41) is 15.4. The molecule has 1 fully saturated rings. The van der Waals surface area contributed by atoms with Gasteiger partial charge < -0.3 is 0 Å². The van der Waals surface area contributed by atoms with Gasteiger partial charge in [0.2, 0.25) is 5.82 Å². The first kappa shape index (κ1) is 21.6. The van der Waals surface area contributed by atoms with E-state index in [2.05, 4.69) is 51.6 Å². The molecule has 2 aliphatic carbocycles. The number of hydrogen-bond acceptors (Lipinski definition) is 5. The van der Waals surface area contributed by atoms with Crippen LogP contribution in [0.3, 0.4) is 0 Å². The minimum absolute atomic E-state index is 0.133. The second-order valence-corrected chi connectivity index (χ2v) is 8.61.